The summed E-state index contributed by atoms with van der Waals surface area (Å²) in [5.41, 5.74) is 2.23. The number of para-hydroxylation sites is 2. The number of aromatic nitrogens is 5. The van der Waals surface area contributed by atoms with E-state index in [2.05, 4.69) is 20.2 Å². The highest BCUT2D eigenvalue weighted by Gasteiger charge is 2.16. The Balaban J connectivity index is 1.43. The predicted octanol–water partition coefficient (Wildman–Crippen LogP) is 4.64. The van der Waals surface area contributed by atoms with Crippen LogP contribution in [0.25, 0.3) is 28.0 Å². The first-order valence-corrected chi connectivity index (χ1v) is 11.0. The molecule has 0 fully saturated rings. The van der Waals surface area contributed by atoms with E-state index in [-0.39, 0.29) is 11.4 Å². The van der Waals surface area contributed by atoms with Gasteiger partial charge in [0.15, 0.2) is 11.0 Å². The predicted molar refractivity (Wildman–Crippen MR) is 124 cm³/mol. The van der Waals surface area contributed by atoms with Crippen LogP contribution in [-0.2, 0) is 6.42 Å². The molecule has 0 aliphatic rings. The summed E-state index contributed by atoms with van der Waals surface area (Å²) < 4.78 is 15.4. The number of benzene rings is 3. The van der Waals surface area contributed by atoms with Gasteiger partial charge in [-0.3, -0.25) is 9.36 Å². The van der Waals surface area contributed by atoms with Crippen LogP contribution in [0.4, 0.5) is 4.39 Å². The fourth-order valence-corrected chi connectivity index (χ4v) is 4.35. The van der Waals surface area contributed by atoms with Crippen molar-refractivity contribution in [1.82, 2.24) is 24.7 Å². The molecular formula is C24H18FN5OS. The van der Waals surface area contributed by atoms with Gasteiger partial charge in [-0.2, -0.15) is 0 Å². The van der Waals surface area contributed by atoms with Gasteiger partial charge in [0.1, 0.15) is 11.6 Å². The van der Waals surface area contributed by atoms with Crippen molar-refractivity contribution in [2.75, 3.05) is 5.75 Å². The van der Waals surface area contributed by atoms with E-state index in [1.807, 2.05) is 53.1 Å². The maximum atomic E-state index is 13.4. The van der Waals surface area contributed by atoms with Crippen molar-refractivity contribution in [3.05, 3.63) is 101 Å². The van der Waals surface area contributed by atoms with Gasteiger partial charge in [-0.25, -0.2) is 9.37 Å². The Hall–Kier alpha value is -3.78. The molecule has 2 aromatic heterocycles. The van der Waals surface area contributed by atoms with E-state index >= 15 is 0 Å². The molecule has 0 amide bonds. The Kier molecular flexibility index (Phi) is 5.51. The summed E-state index contributed by atoms with van der Waals surface area (Å²) in [5.74, 6) is 1.61. The number of nitrogens with one attached hydrogen (secondary N) is 1. The number of thioether (sulfide) groups is 1. The third-order valence-electron chi connectivity index (χ3n) is 4.98. The molecule has 32 heavy (non-hydrogen) atoms. The van der Waals surface area contributed by atoms with Gasteiger partial charge in [-0.05, 0) is 48.5 Å². The molecule has 0 unspecified atom stereocenters. The lowest BCUT2D eigenvalue weighted by molar-refractivity contribution is 0.628. The minimum absolute atomic E-state index is 0.137. The van der Waals surface area contributed by atoms with Crippen molar-refractivity contribution in [1.29, 1.82) is 0 Å². The van der Waals surface area contributed by atoms with Crippen LogP contribution in [0.15, 0.2) is 88.8 Å². The SMILES string of the molecule is O=c1[nH]c(CCSc2nnc(-c3ccc(F)cc3)n2-c2ccccc2)nc2ccccc12. The van der Waals surface area contributed by atoms with Gasteiger partial charge in [0.2, 0.25) is 0 Å². The molecule has 1 N–H and O–H groups in total. The molecule has 3 aromatic carbocycles. The van der Waals surface area contributed by atoms with Gasteiger partial charge < -0.3 is 4.98 Å². The first kappa shape index (κ1) is 20.1. The zero-order valence-corrected chi connectivity index (χ0v) is 17.7. The summed E-state index contributed by atoms with van der Waals surface area (Å²) >= 11 is 1.52. The van der Waals surface area contributed by atoms with Crippen LogP contribution < -0.4 is 5.56 Å². The average molecular weight is 444 g/mol. The molecule has 0 bridgehead atoms. The fourth-order valence-electron chi connectivity index (χ4n) is 3.45. The number of aryl methyl sites for hydroxylation is 1. The van der Waals surface area contributed by atoms with Crippen molar-refractivity contribution < 1.29 is 4.39 Å². The quantitative estimate of drug-likeness (QED) is 0.387. The lowest BCUT2D eigenvalue weighted by Crippen LogP contribution is -2.12. The normalized spacial score (nSPS) is 11.2. The first-order chi connectivity index (χ1) is 15.7. The Morgan fingerprint density at radius 2 is 1.66 bits per heavy atom. The Morgan fingerprint density at radius 1 is 0.906 bits per heavy atom. The van der Waals surface area contributed by atoms with Crippen LogP contribution in [0.1, 0.15) is 5.82 Å². The highest BCUT2D eigenvalue weighted by atomic mass is 32.2. The van der Waals surface area contributed by atoms with Crippen molar-refractivity contribution in [3.63, 3.8) is 0 Å². The molecule has 0 aliphatic carbocycles. The second kappa shape index (κ2) is 8.76. The van der Waals surface area contributed by atoms with Crippen LogP contribution >= 0.6 is 11.8 Å². The maximum absolute atomic E-state index is 13.4. The van der Waals surface area contributed by atoms with E-state index in [9.17, 15) is 9.18 Å². The van der Waals surface area contributed by atoms with Crippen LogP contribution in [0.5, 0.6) is 0 Å². The maximum Gasteiger partial charge on any atom is 0.258 e. The molecule has 5 aromatic rings. The number of nitrogens with zero attached hydrogens (tertiary/aromatic N) is 4. The molecule has 158 valence electrons. The summed E-state index contributed by atoms with van der Waals surface area (Å²) in [5, 5.41) is 10.0. The lowest BCUT2D eigenvalue weighted by atomic mass is 10.2. The molecule has 6 nitrogen and oxygen atoms in total. The molecule has 0 saturated carbocycles. The van der Waals surface area contributed by atoms with Crippen LogP contribution in [0.3, 0.4) is 0 Å². The van der Waals surface area contributed by atoms with E-state index in [1.54, 1.807) is 18.2 Å². The van der Waals surface area contributed by atoms with E-state index in [1.165, 1.54) is 23.9 Å². The molecule has 0 saturated heterocycles. The zero-order valence-electron chi connectivity index (χ0n) is 16.9. The molecule has 2 heterocycles. The molecule has 8 heteroatoms. The summed E-state index contributed by atoms with van der Waals surface area (Å²) in [7, 11) is 0. The van der Waals surface area contributed by atoms with Crippen molar-refractivity contribution in [3.8, 4) is 17.1 Å². The van der Waals surface area contributed by atoms with E-state index in [0.717, 1.165) is 11.3 Å². The molecule has 0 radical (unpaired) electrons. The fraction of sp³-hybridized carbons (Fsp3) is 0.0833. The number of halogens is 1. The monoisotopic (exact) mass is 443 g/mol. The van der Waals surface area contributed by atoms with Gasteiger partial charge in [-0.15, -0.1) is 10.2 Å². The minimum atomic E-state index is -0.300. The Morgan fingerprint density at radius 3 is 2.47 bits per heavy atom. The van der Waals surface area contributed by atoms with E-state index in [4.69, 9.17) is 0 Å². The first-order valence-electron chi connectivity index (χ1n) is 10.1. The molecule has 0 aliphatic heterocycles. The third-order valence-corrected chi connectivity index (χ3v) is 5.91. The third kappa shape index (κ3) is 4.04. The number of fused-ring (bicyclic) bond motifs is 1. The van der Waals surface area contributed by atoms with Crippen molar-refractivity contribution in [2.45, 2.75) is 11.6 Å². The van der Waals surface area contributed by atoms with Gasteiger partial charge in [0.05, 0.1) is 10.9 Å². The van der Waals surface area contributed by atoms with Crippen molar-refractivity contribution >= 4 is 22.7 Å². The lowest BCUT2D eigenvalue weighted by Gasteiger charge is -2.10. The Labute approximate surface area is 187 Å². The summed E-state index contributed by atoms with van der Waals surface area (Å²) in [6.07, 6.45) is 0.568. The number of aromatic amines is 1. The second-order valence-electron chi connectivity index (χ2n) is 7.11. The van der Waals surface area contributed by atoms with Gasteiger partial charge >= 0.3 is 0 Å². The molecule has 5 rings (SSSR count). The average Bonchev–Trinajstić information content (AvgIpc) is 3.24. The van der Waals surface area contributed by atoms with E-state index in [0.29, 0.717) is 39.9 Å². The number of hydrogen-bond donors (Lipinski definition) is 1. The van der Waals surface area contributed by atoms with E-state index < -0.39 is 0 Å². The Bertz CT molecular complexity index is 1430. The van der Waals surface area contributed by atoms with Crippen molar-refractivity contribution in [2.24, 2.45) is 0 Å². The smallest absolute Gasteiger partial charge is 0.258 e. The molecular weight excluding hydrogens is 425 g/mol. The van der Waals surface area contributed by atoms with Crippen LogP contribution in [-0.4, -0.2) is 30.5 Å². The van der Waals surface area contributed by atoms with Crippen LogP contribution in [0, 0.1) is 5.82 Å². The standard InChI is InChI=1S/C24H18FN5OS/c25-17-12-10-16(11-13-17)22-28-29-24(30(22)18-6-2-1-3-7-18)32-15-14-21-26-20-9-5-4-8-19(20)23(31)27-21/h1-13H,14-15H2,(H,26,27,31). The van der Waals surface area contributed by atoms with Crippen LogP contribution in [0.2, 0.25) is 0 Å². The van der Waals surface area contributed by atoms with Gasteiger partial charge in [0, 0.05) is 23.4 Å². The minimum Gasteiger partial charge on any atom is -0.310 e. The second-order valence-corrected chi connectivity index (χ2v) is 8.17. The summed E-state index contributed by atoms with van der Waals surface area (Å²) in [6, 6.07) is 23.3. The largest absolute Gasteiger partial charge is 0.310 e. The topological polar surface area (TPSA) is 76.5 Å². The number of H-pyrrole nitrogens is 1. The highest BCUT2D eigenvalue weighted by Crippen LogP contribution is 2.28. The zero-order chi connectivity index (χ0) is 21.9. The molecule has 0 atom stereocenters. The molecule has 0 spiro atoms. The number of rotatable bonds is 6. The van der Waals surface area contributed by atoms with Gasteiger partial charge in [0.25, 0.3) is 5.56 Å². The highest BCUT2D eigenvalue weighted by molar-refractivity contribution is 7.99. The van der Waals surface area contributed by atoms with Gasteiger partial charge in [-0.1, -0.05) is 42.1 Å². The number of hydrogen-bond acceptors (Lipinski definition) is 5. The summed E-state index contributed by atoms with van der Waals surface area (Å²) in [6.45, 7) is 0. The summed E-state index contributed by atoms with van der Waals surface area (Å²) in [4.78, 5) is 19.7.